The zero-order valence-electron chi connectivity index (χ0n) is 8.01. The summed E-state index contributed by atoms with van der Waals surface area (Å²) in [6, 6.07) is 0. The second-order valence-electron chi connectivity index (χ2n) is 2.87. The van der Waals surface area contributed by atoms with E-state index in [1.165, 1.54) is 6.92 Å². The summed E-state index contributed by atoms with van der Waals surface area (Å²) in [5.74, 6) is -1.66. The fourth-order valence-electron chi connectivity index (χ4n) is 0.853. The number of hydrogen-bond acceptors (Lipinski definition) is 6. The number of aliphatic hydroxyl groups is 3. The van der Waals surface area contributed by atoms with Gasteiger partial charge in [0.1, 0.15) is 6.10 Å². The summed E-state index contributed by atoms with van der Waals surface area (Å²) < 4.78 is 4.49. The van der Waals surface area contributed by atoms with Crippen LogP contribution in [-0.2, 0) is 14.3 Å². The van der Waals surface area contributed by atoms with E-state index < -0.39 is 36.7 Å². The zero-order valence-corrected chi connectivity index (χ0v) is 8.01. The zero-order chi connectivity index (χ0) is 11.3. The van der Waals surface area contributed by atoms with Gasteiger partial charge in [-0.1, -0.05) is 0 Å². The van der Waals surface area contributed by atoms with Gasteiger partial charge < -0.3 is 20.1 Å². The molecule has 3 N–H and O–H groups in total. The van der Waals surface area contributed by atoms with Crippen molar-refractivity contribution >= 4 is 11.8 Å². The van der Waals surface area contributed by atoms with Crippen LogP contribution in [0.3, 0.4) is 0 Å². The molecule has 0 aromatic heterocycles. The number of hydrogen-bond donors (Lipinski definition) is 3. The first kappa shape index (κ1) is 13.0. The van der Waals surface area contributed by atoms with E-state index >= 15 is 0 Å². The molecule has 0 aromatic rings. The molecule has 0 unspecified atom stereocenters. The van der Waals surface area contributed by atoms with Gasteiger partial charge in [-0.05, 0) is 6.92 Å². The fourth-order valence-corrected chi connectivity index (χ4v) is 0.853. The van der Waals surface area contributed by atoms with Crippen molar-refractivity contribution in [2.45, 2.75) is 32.2 Å². The van der Waals surface area contributed by atoms with Crippen LogP contribution >= 0.6 is 0 Å². The monoisotopic (exact) mass is 206 g/mol. The van der Waals surface area contributed by atoms with Gasteiger partial charge in [-0.3, -0.25) is 9.59 Å². The third-order valence-corrected chi connectivity index (χ3v) is 1.51. The van der Waals surface area contributed by atoms with E-state index in [4.69, 9.17) is 15.3 Å². The van der Waals surface area contributed by atoms with Crippen LogP contribution in [-0.4, -0.2) is 52.0 Å². The van der Waals surface area contributed by atoms with Gasteiger partial charge in [0.15, 0.2) is 6.10 Å². The third kappa shape index (κ3) is 3.82. The maximum absolute atomic E-state index is 11.2. The molecule has 6 nitrogen and oxygen atoms in total. The third-order valence-electron chi connectivity index (χ3n) is 1.51. The first-order valence-corrected chi connectivity index (χ1v) is 4.08. The molecule has 0 bridgehead atoms. The highest BCUT2D eigenvalue weighted by molar-refractivity contribution is 5.89. The minimum atomic E-state index is -1.64. The van der Waals surface area contributed by atoms with Crippen LogP contribution < -0.4 is 0 Å². The van der Waals surface area contributed by atoms with Gasteiger partial charge in [0.05, 0.1) is 12.7 Å². The van der Waals surface area contributed by atoms with Crippen molar-refractivity contribution in [2.24, 2.45) is 0 Å². The lowest BCUT2D eigenvalue weighted by molar-refractivity contribution is -0.163. The second-order valence-corrected chi connectivity index (χ2v) is 2.87. The van der Waals surface area contributed by atoms with Gasteiger partial charge in [-0.25, -0.2) is 0 Å². The maximum Gasteiger partial charge on any atom is 0.303 e. The summed E-state index contributed by atoms with van der Waals surface area (Å²) >= 11 is 0. The summed E-state index contributed by atoms with van der Waals surface area (Å²) in [4.78, 5) is 21.7. The number of ketones is 1. The molecule has 6 heteroatoms. The standard InChI is InChI=1S/C8H14O6/c1-4(10)8(14-5(2)11)7(13)6(12)3-9/h4,6,8-10,12H,3H2,1-2H3/t4-,6+,8+/m1/s1. The minimum Gasteiger partial charge on any atom is -0.452 e. The number of esters is 1. The first-order chi connectivity index (χ1) is 6.40. The van der Waals surface area contributed by atoms with Crippen molar-refractivity contribution in [2.75, 3.05) is 6.61 Å². The Morgan fingerprint density at radius 3 is 2.14 bits per heavy atom. The molecule has 0 saturated heterocycles. The number of Topliss-reactive ketones (excluding diaryl/α,β-unsaturated/α-hetero) is 1. The lowest BCUT2D eigenvalue weighted by atomic mass is 10.1. The van der Waals surface area contributed by atoms with Crippen LogP contribution in [0, 0.1) is 0 Å². The summed E-state index contributed by atoms with van der Waals surface area (Å²) in [5, 5.41) is 26.5. The summed E-state index contributed by atoms with van der Waals surface area (Å²) in [7, 11) is 0. The lowest BCUT2D eigenvalue weighted by Crippen LogP contribution is -2.43. The lowest BCUT2D eigenvalue weighted by Gasteiger charge is -2.20. The second kappa shape index (κ2) is 5.69. The molecule has 0 saturated carbocycles. The number of rotatable bonds is 5. The van der Waals surface area contributed by atoms with Crippen molar-refractivity contribution in [1.29, 1.82) is 0 Å². The summed E-state index contributed by atoms with van der Waals surface area (Å²) in [6.07, 6.45) is -4.31. The van der Waals surface area contributed by atoms with Gasteiger partial charge in [0.25, 0.3) is 0 Å². The van der Waals surface area contributed by atoms with Gasteiger partial charge in [-0.2, -0.15) is 0 Å². The first-order valence-electron chi connectivity index (χ1n) is 4.08. The van der Waals surface area contributed by atoms with E-state index in [-0.39, 0.29) is 0 Å². The minimum absolute atomic E-state index is 0.741. The Labute approximate surface area is 81.1 Å². The fraction of sp³-hybridized carbons (Fsp3) is 0.750. The van der Waals surface area contributed by atoms with Crippen molar-refractivity contribution in [1.82, 2.24) is 0 Å². The average molecular weight is 206 g/mol. The summed E-state index contributed by atoms with van der Waals surface area (Å²) in [5.41, 5.74) is 0. The van der Waals surface area contributed by atoms with Crippen LogP contribution in [0.1, 0.15) is 13.8 Å². The molecule has 0 fully saturated rings. The van der Waals surface area contributed by atoms with Crippen molar-refractivity contribution < 1.29 is 29.6 Å². The molecule has 0 aliphatic heterocycles. The Bertz CT molecular complexity index is 212. The normalized spacial score (nSPS) is 16.9. The van der Waals surface area contributed by atoms with E-state index in [2.05, 4.69) is 4.74 Å². The van der Waals surface area contributed by atoms with Crippen molar-refractivity contribution in [3.63, 3.8) is 0 Å². The molecule has 0 amide bonds. The van der Waals surface area contributed by atoms with Crippen LogP contribution in [0.25, 0.3) is 0 Å². The highest BCUT2D eigenvalue weighted by Gasteiger charge is 2.31. The number of ether oxygens (including phenoxy) is 1. The van der Waals surface area contributed by atoms with E-state index in [9.17, 15) is 9.59 Å². The van der Waals surface area contributed by atoms with E-state index in [0.717, 1.165) is 6.92 Å². The predicted octanol–water partition coefficient (Wildman–Crippen LogP) is -1.78. The molecule has 0 spiro atoms. The molecule has 82 valence electrons. The Morgan fingerprint density at radius 1 is 1.36 bits per heavy atom. The molecule has 0 radical (unpaired) electrons. The Morgan fingerprint density at radius 2 is 1.86 bits per heavy atom. The largest absolute Gasteiger partial charge is 0.452 e. The van der Waals surface area contributed by atoms with Crippen LogP contribution in [0.5, 0.6) is 0 Å². The van der Waals surface area contributed by atoms with Crippen molar-refractivity contribution in [3.05, 3.63) is 0 Å². The Balaban J connectivity index is 4.49. The number of aliphatic hydroxyl groups excluding tert-OH is 3. The number of carbonyl (C=O) groups excluding carboxylic acids is 2. The Hall–Kier alpha value is -0.980. The molecule has 0 aliphatic carbocycles. The molecule has 14 heavy (non-hydrogen) atoms. The maximum atomic E-state index is 11.2. The van der Waals surface area contributed by atoms with Crippen molar-refractivity contribution in [3.8, 4) is 0 Å². The molecule has 0 heterocycles. The molecule has 3 atom stereocenters. The Kier molecular flexibility index (Phi) is 5.29. The van der Waals surface area contributed by atoms with Gasteiger partial charge >= 0.3 is 5.97 Å². The highest BCUT2D eigenvalue weighted by atomic mass is 16.6. The molecule has 0 aromatic carbocycles. The van der Waals surface area contributed by atoms with Gasteiger partial charge in [0.2, 0.25) is 5.78 Å². The molecule has 0 rings (SSSR count). The van der Waals surface area contributed by atoms with E-state index in [1.807, 2.05) is 0 Å². The van der Waals surface area contributed by atoms with E-state index in [0.29, 0.717) is 0 Å². The number of carbonyl (C=O) groups is 2. The highest BCUT2D eigenvalue weighted by Crippen LogP contribution is 2.04. The predicted molar refractivity (Wildman–Crippen MR) is 45.3 cm³/mol. The quantitative estimate of drug-likeness (QED) is 0.459. The average Bonchev–Trinajstić information content (AvgIpc) is 2.11. The van der Waals surface area contributed by atoms with Gasteiger partial charge in [-0.15, -0.1) is 0 Å². The van der Waals surface area contributed by atoms with Crippen LogP contribution in [0.2, 0.25) is 0 Å². The summed E-state index contributed by atoms with van der Waals surface area (Å²) in [6.45, 7) is 1.55. The molecular weight excluding hydrogens is 192 g/mol. The molecule has 0 aliphatic rings. The van der Waals surface area contributed by atoms with Gasteiger partial charge in [0, 0.05) is 6.92 Å². The topological polar surface area (TPSA) is 104 Å². The van der Waals surface area contributed by atoms with Crippen LogP contribution in [0.15, 0.2) is 0 Å². The smallest absolute Gasteiger partial charge is 0.303 e. The SMILES string of the molecule is CC(=O)O[C@H](C(=O)[C@@H](O)CO)[C@@H](C)O. The molecular formula is C8H14O6. The van der Waals surface area contributed by atoms with E-state index in [1.54, 1.807) is 0 Å². The van der Waals surface area contributed by atoms with Crippen LogP contribution in [0.4, 0.5) is 0 Å².